The summed E-state index contributed by atoms with van der Waals surface area (Å²) in [7, 11) is 1.66. The fourth-order valence-corrected chi connectivity index (χ4v) is 2.38. The number of nitrogens with zero attached hydrogens (tertiary/aromatic N) is 2. The lowest BCUT2D eigenvalue weighted by molar-refractivity contribution is 0.415. The van der Waals surface area contributed by atoms with E-state index in [0.29, 0.717) is 0 Å². The topological polar surface area (TPSA) is 34.5 Å². The highest BCUT2D eigenvalue weighted by Gasteiger charge is 2.16. The first-order valence-electron chi connectivity index (χ1n) is 6.13. The summed E-state index contributed by atoms with van der Waals surface area (Å²) in [6.45, 7) is 6.46. The minimum absolute atomic E-state index is 0.0738. The first kappa shape index (κ1) is 13.7. The van der Waals surface area contributed by atoms with E-state index in [1.165, 1.54) is 0 Å². The maximum Gasteiger partial charge on any atom is 0.209 e. The summed E-state index contributed by atoms with van der Waals surface area (Å²) >= 11 is 1.57. The molecule has 4 heteroatoms. The molecule has 0 atom stereocenters. The van der Waals surface area contributed by atoms with Gasteiger partial charge < -0.3 is 4.74 Å². The van der Waals surface area contributed by atoms with Crippen molar-refractivity contribution in [3.05, 3.63) is 40.9 Å². The van der Waals surface area contributed by atoms with Crippen molar-refractivity contribution in [1.82, 2.24) is 4.98 Å². The molecule has 19 heavy (non-hydrogen) atoms. The lowest BCUT2D eigenvalue weighted by Gasteiger charge is -2.13. The Morgan fingerprint density at radius 2 is 1.89 bits per heavy atom. The van der Waals surface area contributed by atoms with E-state index in [1.54, 1.807) is 18.4 Å². The molecule has 0 amide bonds. The van der Waals surface area contributed by atoms with Crippen molar-refractivity contribution in [2.24, 2.45) is 4.99 Å². The Morgan fingerprint density at radius 3 is 2.42 bits per heavy atom. The highest BCUT2D eigenvalue weighted by Crippen LogP contribution is 2.27. The molecule has 0 radical (unpaired) electrons. The average molecular weight is 274 g/mol. The Balaban J connectivity index is 2.11. The highest BCUT2D eigenvalue weighted by atomic mass is 32.1. The van der Waals surface area contributed by atoms with Crippen LogP contribution in [-0.4, -0.2) is 18.3 Å². The molecule has 0 saturated carbocycles. The predicted molar refractivity (Wildman–Crippen MR) is 81.1 cm³/mol. The highest BCUT2D eigenvalue weighted by molar-refractivity contribution is 7.13. The second-order valence-corrected chi connectivity index (χ2v) is 6.13. The number of aliphatic imine (C=N–C) groups is 1. The van der Waals surface area contributed by atoms with Gasteiger partial charge in [0.05, 0.1) is 12.8 Å². The molecule has 0 N–H and O–H groups in total. The second kappa shape index (κ2) is 5.53. The molecule has 1 aromatic carbocycles. The van der Waals surface area contributed by atoms with E-state index in [-0.39, 0.29) is 5.41 Å². The number of thiazole rings is 1. The quantitative estimate of drug-likeness (QED) is 0.786. The van der Waals surface area contributed by atoms with Crippen molar-refractivity contribution in [1.29, 1.82) is 0 Å². The van der Waals surface area contributed by atoms with Gasteiger partial charge in [0.15, 0.2) is 0 Å². The summed E-state index contributed by atoms with van der Waals surface area (Å²) in [5.41, 5.74) is 2.19. The van der Waals surface area contributed by atoms with Gasteiger partial charge in [-0.1, -0.05) is 20.8 Å². The van der Waals surface area contributed by atoms with Gasteiger partial charge in [-0.05, 0) is 29.8 Å². The zero-order valence-corrected chi connectivity index (χ0v) is 12.5. The van der Waals surface area contributed by atoms with Crippen LogP contribution in [0.25, 0.3) is 0 Å². The van der Waals surface area contributed by atoms with Crippen molar-refractivity contribution >= 4 is 22.7 Å². The molecule has 0 unspecified atom stereocenters. The van der Waals surface area contributed by atoms with Crippen molar-refractivity contribution in [2.75, 3.05) is 7.11 Å². The standard InChI is InChI=1S/C15H18N2OS/c1-15(2,3)13-10-19-14(17-13)16-9-11-5-7-12(18-4)8-6-11/h5-10H,1-4H3. The van der Waals surface area contributed by atoms with Crippen LogP contribution in [0.4, 0.5) is 5.13 Å². The third-order valence-electron chi connectivity index (χ3n) is 2.70. The maximum absolute atomic E-state index is 5.12. The van der Waals surface area contributed by atoms with Crippen molar-refractivity contribution in [3.63, 3.8) is 0 Å². The van der Waals surface area contributed by atoms with E-state index in [0.717, 1.165) is 22.1 Å². The van der Waals surface area contributed by atoms with Gasteiger partial charge in [0, 0.05) is 17.0 Å². The number of rotatable bonds is 3. The van der Waals surface area contributed by atoms with E-state index in [1.807, 2.05) is 30.5 Å². The molecule has 0 bridgehead atoms. The van der Waals surface area contributed by atoms with Crippen LogP contribution in [0.2, 0.25) is 0 Å². The normalized spacial score (nSPS) is 12.0. The minimum atomic E-state index is 0.0738. The molecule has 100 valence electrons. The number of ether oxygens (including phenoxy) is 1. The summed E-state index contributed by atoms with van der Waals surface area (Å²) in [6, 6.07) is 7.79. The lowest BCUT2D eigenvalue weighted by atomic mass is 9.93. The minimum Gasteiger partial charge on any atom is -0.497 e. The molecule has 2 rings (SSSR count). The Morgan fingerprint density at radius 1 is 1.21 bits per heavy atom. The Kier molecular flexibility index (Phi) is 4.00. The molecular formula is C15H18N2OS. The fraction of sp³-hybridized carbons (Fsp3) is 0.333. The van der Waals surface area contributed by atoms with E-state index < -0.39 is 0 Å². The Bertz CT molecular complexity index is 565. The molecular weight excluding hydrogens is 256 g/mol. The van der Waals surface area contributed by atoms with Gasteiger partial charge in [0.1, 0.15) is 5.75 Å². The van der Waals surface area contributed by atoms with E-state index in [4.69, 9.17) is 4.74 Å². The summed E-state index contributed by atoms with van der Waals surface area (Å²) in [6.07, 6.45) is 1.82. The van der Waals surface area contributed by atoms with Gasteiger partial charge >= 0.3 is 0 Å². The van der Waals surface area contributed by atoms with Crippen LogP contribution in [0.1, 0.15) is 32.0 Å². The number of hydrogen-bond acceptors (Lipinski definition) is 4. The summed E-state index contributed by atoms with van der Waals surface area (Å²) < 4.78 is 5.12. The van der Waals surface area contributed by atoms with Crippen molar-refractivity contribution in [2.45, 2.75) is 26.2 Å². The van der Waals surface area contributed by atoms with Gasteiger partial charge in [-0.2, -0.15) is 0 Å². The van der Waals surface area contributed by atoms with Crippen LogP contribution in [-0.2, 0) is 5.41 Å². The lowest BCUT2D eigenvalue weighted by Crippen LogP contribution is -2.10. The fourth-order valence-electron chi connectivity index (χ4n) is 1.49. The average Bonchev–Trinajstić information content (AvgIpc) is 2.86. The zero-order valence-electron chi connectivity index (χ0n) is 11.7. The number of methoxy groups -OCH3 is 1. The monoisotopic (exact) mass is 274 g/mol. The maximum atomic E-state index is 5.12. The SMILES string of the molecule is COc1ccc(C=Nc2nc(C(C)(C)C)cs2)cc1. The summed E-state index contributed by atoms with van der Waals surface area (Å²) in [5.74, 6) is 0.849. The number of benzene rings is 1. The first-order valence-corrected chi connectivity index (χ1v) is 7.01. The molecule has 0 fully saturated rings. The number of hydrogen-bond donors (Lipinski definition) is 0. The van der Waals surface area contributed by atoms with Crippen LogP contribution in [0.5, 0.6) is 5.75 Å². The third kappa shape index (κ3) is 3.64. The molecule has 0 aliphatic carbocycles. The van der Waals surface area contributed by atoms with Gasteiger partial charge in [0.2, 0.25) is 5.13 Å². The second-order valence-electron chi connectivity index (χ2n) is 5.30. The molecule has 3 nitrogen and oxygen atoms in total. The number of aromatic nitrogens is 1. The smallest absolute Gasteiger partial charge is 0.209 e. The Hall–Kier alpha value is -1.68. The van der Waals surface area contributed by atoms with Gasteiger partial charge in [-0.25, -0.2) is 9.98 Å². The first-order chi connectivity index (χ1) is 8.99. The molecule has 1 aromatic heterocycles. The summed E-state index contributed by atoms with van der Waals surface area (Å²) in [4.78, 5) is 8.93. The molecule has 1 heterocycles. The van der Waals surface area contributed by atoms with Crippen molar-refractivity contribution in [3.8, 4) is 5.75 Å². The Labute approximate surface area is 118 Å². The molecule has 0 aliphatic rings. The van der Waals surface area contributed by atoms with Crippen molar-refractivity contribution < 1.29 is 4.74 Å². The van der Waals surface area contributed by atoms with E-state index in [9.17, 15) is 0 Å². The third-order valence-corrected chi connectivity index (χ3v) is 3.45. The van der Waals surface area contributed by atoms with Crippen LogP contribution < -0.4 is 4.74 Å². The van der Waals surface area contributed by atoms with Crippen LogP contribution in [0, 0.1) is 0 Å². The van der Waals surface area contributed by atoms with Crippen LogP contribution in [0.3, 0.4) is 0 Å². The van der Waals surface area contributed by atoms with E-state index in [2.05, 4.69) is 36.1 Å². The zero-order chi connectivity index (χ0) is 13.9. The van der Waals surface area contributed by atoms with Gasteiger partial charge in [0.25, 0.3) is 0 Å². The summed E-state index contributed by atoms with van der Waals surface area (Å²) in [5, 5.41) is 2.86. The van der Waals surface area contributed by atoms with Gasteiger partial charge in [-0.3, -0.25) is 0 Å². The molecule has 0 saturated heterocycles. The predicted octanol–water partition coefficient (Wildman–Crippen LogP) is 4.20. The van der Waals surface area contributed by atoms with Crippen LogP contribution in [0.15, 0.2) is 34.6 Å². The molecule has 2 aromatic rings. The largest absolute Gasteiger partial charge is 0.497 e. The van der Waals surface area contributed by atoms with Crippen LogP contribution >= 0.6 is 11.3 Å². The molecule has 0 spiro atoms. The van der Waals surface area contributed by atoms with Gasteiger partial charge in [-0.15, -0.1) is 11.3 Å². The molecule has 0 aliphatic heterocycles. The van der Waals surface area contributed by atoms with E-state index >= 15 is 0 Å².